The molecule has 0 aliphatic carbocycles. The number of rotatable bonds is 2. The van der Waals surface area contributed by atoms with E-state index in [2.05, 4.69) is 0 Å². The van der Waals surface area contributed by atoms with Crippen LogP contribution in [0.5, 0.6) is 5.75 Å². The van der Waals surface area contributed by atoms with Crippen molar-refractivity contribution >= 4 is 0 Å². The van der Waals surface area contributed by atoms with Gasteiger partial charge in [-0.3, -0.25) is 0 Å². The van der Waals surface area contributed by atoms with Crippen LogP contribution in [-0.2, 0) is 6.42 Å². The van der Waals surface area contributed by atoms with Gasteiger partial charge in [-0.05, 0) is 18.1 Å². The molecule has 56 valence electrons. The van der Waals surface area contributed by atoms with E-state index in [4.69, 9.17) is 10.00 Å². The van der Waals surface area contributed by atoms with E-state index in [-0.39, 0.29) is 0 Å². The summed E-state index contributed by atoms with van der Waals surface area (Å²) in [5, 5.41) is 8.27. The highest BCUT2D eigenvalue weighted by Gasteiger charge is 1.98. The Hall–Kier alpha value is -1.49. The Labute approximate surface area is 66.0 Å². The average Bonchev–Trinajstić information content (AvgIpc) is 2.06. The third kappa shape index (κ3) is 1.71. The van der Waals surface area contributed by atoms with Crippen LogP contribution in [-0.4, -0.2) is 0 Å². The van der Waals surface area contributed by atoms with Gasteiger partial charge in [-0.2, -0.15) is 0 Å². The highest BCUT2D eigenvalue weighted by molar-refractivity contribution is 5.33. The van der Waals surface area contributed by atoms with Crippen LogP contribution in [0.15, 0.2) is 24.3 Å². The molecule has 0 atom stereocenters. The molecule has 2 nitrogen and oxygen atoms in total. The van der Waals surface area contributed by atoms with Gasteiger partial charge in [0.25, 0.3) is 6.26 Å². The van der Waals surface area contributed by atoms with Crippen molar-refractivity contribution < 1.29 is 4.74 Å². The van der Waals surface area contributed by atoms with Gasteiger partial charge in [0.1, 0.15) is 5.75 Å². The molecule has 0 saturated heterocycles. The van der Waals surface area contributed by atoms with Gasteiger partial charge in [0.05, 0.1) is 0 Å². The first kappa shape index (κ1) is 7.62. The van der Waals surface area contributed by atoms with Crippen molar-refractivity contribution in [3.05, 3.63) is 29.8 Å². The second kappa shape index (κ2) is 3.62. The van der Waals surface area contributed by atoms with E-state index in [1.165, 1.54) is 0 Å². The Morgan fingerprint density at radius 2 is 2.18 bits per heavy atom. The average molecular weight is 147 g/mol. The SMILES string of the molecule is CCc1ccccc1OC#N. The molecule has 1 aromatic rings. The van der Waals surface area contributed by atoms with E-state index in [0.29, 0.717) is 5.75 Å². The van der Waals surface area contributed by atoms with Crippen LogP contribution in [0.1, 0.15) is 12.5 Å². The number of benzene rings is 1. The van der Waals surface area contributed by atoms with Crippen molar-refractivity contribution in [1.29, 1.82) is 5.26 Å². The molecule has 0 bridgehead atoms. The smallest absolute Gasteiger partial charge is 0.292 e. The number of nitriles is 1. The first-order valence-electron chi connectivity index (χ1n) is 3.52. The fourth-order valence-corrected chi connectivity index (χ4v) is 0.945. The summed E-state index contributed by atoms with van der Waals surface area (Å²) in [4.78, 5) is 0. The largest absolute Gasteiger partial charge is 0.388 e. The standard InChI is InChI=1S/C9H9NO/c1-2-8-5-3-4-6-9(8)11-7-10/h3-6H,2H2,1H3. The van der Waals surface area contributed by atoms with E-state index in [9.17, 15) is 0 Å². The molecular formula is C9H9NO. The monoisotopic (exact) mass is 147 g/mol. The minimum Gasteiger partial charge on any atom is -0.388 e. The minimum absolute atomic E-state index is 0.664. The Kier molecular flexibility index (Phi) is 2.51. The molecule has 0 saturated carbocycles. The minimum atomic E-state index is 0.664. The van der Waals surface area contributed by atoms with Crippen molar-refractivity contribution in [2.75, 3.05) is 0 Å². The predicted molar refractivity (Wildman–Crippen MR) is 42.1 cm³/mol. The quantitative estimate of drug-likeness (QED) is 0.600. The zero-order chi connectivity index (χ0) is 8.10. The number of para-hydroxylation sites is 1. The van der Waals surface area contributed by atoms with Crippen LogP contribution in [0.25, 0.3) is 0 Å². The maximum absolute atomic E-state index is 8.27. The molecular weight excluding hydrogens is 138 g/mol. The van der Waals surface area contributed by atoms with Gasteiger partial charge in [0.2, 0.25) is 0 Å². The van der Waals surface area contributed by atoms with Crippen LogP contribution in [0, 0.1) is 11.5 Å². The fraction of sp³-hybridized carbons (Fsp3) is 0.222. The normalized spacial score (nSPS) is 8.73. The predicted octanol–water partition coefficient (Wildman–Crippen LogP) is 2.11. The highest BCUT2D eigenvalue weighted by atomic mass is 16.5. The summed E-state index contributed by atoms with van der Waals surface area (Å²) >= 11 is 0. The molecule has 0 heterocycles. The van der Waals surface area contributed by atoms with Crippen molar-refractivity contribution in [2.45, 2.75) is 13.3 Å². The Balaban J connectivity index is 2.94. The maximum Gasteiger partial charge on any atom is 0.292 e. The second-order valence-corrected chi connectivity index (χ2v) is 2.15. The summed E-state index contributed by atoms with van der Waals surface area (Å²) in [6, 6.07) is 7.53. The Bertz CT molecular complexity index is 275. The molecule has 0 aromatic heterocycles. The third-order valence-corrected chi connectivity index (χ3v) is 1.51. The molecule has 0 aliphatic heterocycles. The molecule has 0 radical (unpaired) electrons. The molecule has 1 aromatic carbocycles. The third-order valence-electron chi connectivity index (χ3n) is 1.51. The zero-order valence-corrected chi connectivity index (χ0v) is 6.37. The molecule has 1 rings (SSSR count). The second-order valence-electron chi connectivity index (χ2n) is 2.15. The van der Waals surface area contributed by atoms with E-state index in [1.807, 2.05) is 25.1 Å². The summed E-state index contributed by atoms with van der Waals surface area (Å²) < 4.78 is 4.73. The van der Waals surface area contributed by atoms with E-state index in [1.54, 1.807) is 12.3 Å². The van der Waals surface area contributed by atoms with Gasteiger partial charge >= 0.3 is 0 Å². The van der Waals surface area contributed by atoms with Gasteiger partial charge in [-0.25, -0.2) is 0 Å². The van der Waals surface area contributed by atoms with Crippen LogP contribution >= 0.6 is 0 Å². The number of aryl methyl sites for hydroxylation is 1. The lowest BCUT2D eigenvalue weighted by Crippen LogP contribution is -1.88. The molecule has 0 unspecified atom stereocenters. The fourth-order valence-electron chi connectivity index (χ4n) is 0.945. The molecule has 0 aliphatic rings. The lowest BCUT2D eigenvalue weighted by atomic mass is 10.1. The molecule has 0 fully saturated rings. The molecule has 0 spiro atoms. The van der Waals surface area contributed by atoms with E-state index < -0.39 is 0 Å². The Morgan fingerprint density at radius 1 is 1.45 bits per heavy atom. The molecule has 0 N–H and O–H groups in total. The summed E-state index contributed by atoms with van der Waals surface area (Å²) in [6.07, 6.45) is 2.55. The molecule has 0 amide bonds. The van der Waals surface area contributed by atoms with Crippen LogP contribution in [0.4, 0.5) is 0 Å². The van der Waals surface area contributed by atoms with Gasteiger partial charge in [-0.15, -0.1) is 5.26 Å². The summed E-state index contributed by atoms with van der Waals surface area (Å²) in [5.74, 6) is 0.664. The van der Waals surface area contributed by atoms with Gasteiger partial charge in [0, 0.05) is 0 Å². The topological polar surface area (TPSA) is 33.0 Å². The number of hydrogen-bond donors (Lipinski definition) is 0. The zero-order valence-electron chi connectivity index (χ0n) is 6.37. The Morgan fingerprint density at radius 3 is 2.82 bits per heavy atom. The summed E-state index contributed by atoms with van der Waals surface area (Å²) in [5.41, 5.74) is 1.06. The van der Waals surface area contributed by atoms with Gasteiger partial charge < -0.3 is 4.74 Å². The summed E-state index contributed by atoms with van der Waals surface area (Å²) in [7, 11) is 0. The number of ether oxygens (including phenoxy) is 1. The maximum atomic E-state index is 8.27. The summed E-state index contributed by atoms with van der Waals surface area (Å²) in [6.45, 7) is 2.03. The first-order chi connectivity index (χ1) is 5.38. The molecule has 11 heavy (non-hydrogen) atoms. The van der Waals surface area contributed by atoms with Crippen molar-refractivity contribution in [2.24, 2.45) is 0 Å². The van der Waals surface area contributed by atoms with Crippen LogP contribution in [0.3, 0.4) is 0 Å². The number of nitrogens with zero attached hydrogens (tertiary/aromatic N) is 1. The number of hydrogen-bond acceptors (Lipinski definition) is 2. The van der Waals surface area contributed by atoms with Crippen molar-refractivity contribution in [1.82, 2.24) is 0 Å². The lowest BCUT2D eigenvalue weighted by molar-refractivity contribution is 0.501. The highest BCUT2D eigenvalue weighted by Crippen LogP contribution is 2.17. The van der Waals surface area contributed by atoms with Gasteiger partial charge in [0.15, 0.2) is 0 Å². The first-order valence-corrected chi connectivity index (χ1v) is 3.52. The van der Waals surface area contributed by atoms with Gasteiger partial charge in [-0.1, -0.05) is 25.1 Å². The van der Waals surface area contributed by atoms with Crippen LogP contribution < -0.4 is 4.74 Å². The van der Waals surface area contributed by atoms with Crippen molar-refractivity contribution in [3.63, 3.8) is 0 Å². The van der Waals surface area contributed by atoms with E-state index >= 15 is 0 Å². The van der Waals surface area contributed by atoms with Crippen LogP contribution in [0.2, 0.25) is 0 Å². The lowest BCUT2D eigenvalue weighted by Gasteiger charge is -2.01. The van der Waals surface area contributed by atoms with E-state index in [0.717, 1.165) is 12.0 Å². The molecule has 2 heteroatoms. The van der Waals surface area contributed by atoms with Crippen molar-refractivity contribution in [3.8, 4) is 12.0 Å².